The van der Waals surface area contributed by atoms with Gasteiger partial charge in [-0.25, -0.2) is 24.3 Å². The van der Waals surface area contributed by atoms with E-state index in [1.54, 1.807) is 6.92 Å². The second-order valence-corrected chi connectivity index (χ2v) is 3.24. The van der Waals surface area contributed by atoms with Crippen molar-refractivity contribution in [2.45, 2.75) is 20.8 Å². The van der Waals surface area contributed by atoms with Gasteiger partial charge in [-0.2, -0.15) is 35.4 Å². The molecule has 0 atom stereocenters. The van der Waals surface area contributed by atoms with E-state index in [0.717, 1.165) is 0 Å². The summed E-state index contributed by atoms with van der Waals surface area (Å²) in [6.07, 6.45) is 0. The fourth-order valence-corrected chi connectivity index (χ4v) is 0.940. The molecular weight excluding hydrogens is 398 g/mol. The van der Waals surface area contributed by atoms with Crippen LogP contribution < -0.4 is 12.4 Å². The molecule has 17 heavy (non-hydrogen) atoms. The SMILES string of the molecule is CCO.C[c-]1cccc1.C[c-]1cccc1.[Cl-].[Hf]. The van der Waals surface area contributed by atoms with Crippen molar-refractivity contribution in [2.24, 2.45) is 0 Å². The Kier molecular flexibility index (Phi) is 20.5. The molecule has 0 aliphatic rings. The van der Waals surface area contributed by atoms with E-state index >= 15 is 0 Å². The minimum absolute atomic E-state index is 0. The van der Waals surface area contributed by atoms with E-state index in [4.69, 9.17) is 5.11 Å². The molecule has 96 valence electrons. The summed E-state index contributed by atoms with van der Waals surface area (Å²) in [5, 5.41) is 7.57. The van der Waals surface area contributed by atoms with Crippen LogP contribution in [0.4, 0.5) is 0 Å². The maximum atomic E-state index is 7.57. The number of hydrogen-bond donors (Lipinski definition) is 1. The maximum Gasteiger partial charge on any atom is 0.0402 e. The second-order valence-electron chi connectivity index (χ2n) is 3.24. The molecule has 0 saturated heterocycles. The largest absolute Gasteiger partial charge is 1.00 e. The van der Waals surface area contributed by atoms with Gasteiger partial charge in [0, 0.05) is 32.5 Å². The Morgan fingerprint density at radius 3 is 1.06 bits per heavy atom. The zero-order chi connectivity index (χ0) is 11.5. The number of halogens is 1. The molecule has 0 saturated carbocycles. The standard InChI is InChI=1S/2C6H7.C2H6O.ClH.Hf/c2*1-6-4-2-3-5-6;1-2-3;;/h2*2-5H,1H3;3H,2H2,1H3;1H;/q2*-1;;;/p-1. The molecule has 0 aromatic heterocycles. The molecule has 2 aromatic carbocycles. The summed E-state index contributed by atoms with van der Waals surface area (Å²) in [6.45, 7) is 6.10. The molecule has 0 radical (unpaired) electrons. The van der Waals surface area contributed by atoms with E-state index in [1.807, 2.05) is 24.3 Å². The molecule has 0 bridgehead atoms. The first-order chi connectivity index (χ1) is 7.20. The summed E-state index contributed by atoms with van der Waals surface area (Å²) >= 11 is 0. The van der Waals surface area contributed by atoms with Crippen LogP contribution >= 0.6 is 0 Å². The van der Waals surface area contributed by atoms with E-state index in [1.165, 1.54) is 11.1 Å². The van der Waals surface area contributed by atoms with Crippen molar-refractivity contribution in [2.75, 3.05) is 6.61 Å². The molecular formula is C14H20ClHfO-3. The average Bonchev–Trinajstić information content (AvgIpc) is 2.81. The van der Waals surface area contributed by atoms with Crippen molar-refractivity contribution in [3.8, 4) is 0 Å². The summed E-state index contributed by atoms with van der Waals surface area (Å²) in [5.74, 6) is 0. The molecule has 2 rings (SSSR count). The zero-order valence-corrected chi connectivity index (χ0v) is 15.0. The van der Waals surface area contributed by atoms with Crippen LogP contribution in [-0.2, 0) is 25.8 Å². The summed E-state index contributed by atoms with van der Waals surface area (Å²) in [7, 11) is 0. The van der Waals surface area contributed by atoms with E-state index in [2.05, 4.69) is 38.1 Å². The van der Waals surface area contributed by atoms with E-state index in [9.17, 15) is 0 Å². The Hall–Kier alpha value is -0.180. The first kappa shape index (κ1) is 22.0. The minimum atomic E-state index is 0. The monoisotopic (exact) mass is 419 g/mol. The molecule has 0 heterocycles. The third kappa shape index (κ3) is 15.8. The molecule has 2 aromatic rings. The van der Waals surface area contributed by atoms with E-state index < -0.39 is 0 Å². The molecule has 1 N–H and O–H groups in total. The van der Waals surface area contributed by atoms with Gasteiger partial charge in [0.15, 0.2) is 0 Å². The van der Waals surface area contributed by atoms with Crippen molar-refractivity contribution in [3.63, 3.8) is 0 Å². The maximum absolute atomic E-state index is 7.57. The van der Waals surface area contributed by atoms with Gasteiger partial charge in [0.2, 0.25) is 0 Å². The quantitative estimate of drug-likeness (QED) is 0.486. The predicted octanol–water partition coefficient (Wildman–Crippen LogP) is 0.428. The average molecular weight is 418 g/mol. The van der Waals surface area contributed by atoms with Crippen LogP contribution in [0.2, 0.25) is 0 Å². The third-order valence-corrected chi connectivity index (χ3v) is 1.66. The molecule has 0 aliphatic heterocycles. The first-order valence-corrected chi connectivity index (χ1v) is 5.18. The molecule has 0 fully saturated rings. The van der Waals surface area contributed by atoms with Gasteiger partial charge in [-0.15, -0.1) is 0 Å². The van der Waals surface area contributed by atoms with Gasteiger partial charge in [-0.1, -0.05) is 13.8 Å². The van der Waals surface area contributed by atoms with Crippen molar-refractivity contribution in [1.29, 1.82) is 0 Å². The molecule has 0 unspecified atom stereocenters. The predicted molar refractivity (Wildman–Crippen MR) is 66.3 cm³/mol. The van der Waals surface area contributed by atoms with Crippen molar-refractivity contribution < 1.29 is 43.4 Å². The topological polar surface area (TPSA) is 20.2 Å². The van der Waals surface area contributed by atoms with Crippen molar-refractivity contribution in [1.82, 2.24) is 0 Å². The van der Waals surface area contributed by atoms with Crippen molar-refractivity contribution >= 4 is 0 Å². The summed E-state index contributed by atoms with van der Waals surface area (Å²) in [5.41, 5.74) is 2.69. The fraction of sp³-hybridized carbons (Fsp3) is 0.286. The zero-order valence-electron chi connectivity index (χ0n) is 10.7. The second kappa shape index (κ2) is 15.8. The van der Waals surface area contributed by atoms with Gasteiger partial charge in [0.1, 0.15) is 0 Å². The fourth-order valence-electron chi connectivity index (χ4n) is 0.940. The van der Waals surface area contributed by atoms with Gasteiger partial charge in [0.05, 0.1) is 0 Å². The van der Waals surface area contributed by atoms with Crippen LogP contribution in [0.3, 0.4) is 0 Å². The molecule has 0 amide bonds. The Morgan fingerprint density at radius 2 is 1.00 bits per heavy atom. The molecule has 1 nitrogen and oxygen atoms in total. The number of aliphatic hydroxyl groups excluding tert-OH is 1. The van der Waals surface area contributed by atoms with Crippen LogP contribution in [0.1, 0.15) is 18.1 Å². The van der Waals surface area contributed by atoms with Crippen LogP contribution in [0.15, 0.2) is 48.5 Å². The summed E-state index contributed by atoms with van der Waals surface area (Å²) in [6, 6.07) is 16.5. The molecule has 0 aliphatic carbocycles. The van der Waals surface area contributed by atoms with Gasteiger partial charge >= 0.3 is 0 Å². The number of hydrogen-bond acceptors (Lipinski definition) is 1. The van der Waals surface area contributed by atoms with Crippen molar-refractivity contribution in [3.05, 3.63) is 59.7 Å². The number of aliphatic hydroxyl groups is 1. The van der Waals surface area contributed by atoms with Gasteiger partial charge in [-0.05, 0) is 6.92 Å². The summed E-state index contributed by atoms with van der Waals surface area (Å²) < 4.78 is 0. The van der Waals surface area contributed by atoms with E-state index in [0.29, 0.717) is 0 Å². The van der Waals surface area contributed by atoms with Gasteiger partial charge in [0.25, 0.3) is 0 Å². The van der Waals surface area contributed by atoms with Crippen LogP contribution in [-0.4, -0.2) is 11.7 Å². The van der Waals surface area contributed by atoms with Crippen LogP contribution in [0.25, 0.3) is 0 Å². The Bertz CT molecular complexity index is 269. The third-order valence-electron chi connectivity index (χ3n) is 1.66. The Morgan fingerprint density at radius 1 is 0.824 bits per heavy atom. The van der Waals surface area contributed by atoms with E-state index in [-0.39, 0.29) is 44.9 Å². The molecule has 3 heteroatoms. The summed E-state index contributed by atoms with van der Waals surface area (Å²) in [4.78, 5) is 0. The number of rotatable bonds is 0. The Labute approximate surface area is 130 Å². The van der Waals surface area contributed by atoms with Gasteiger partial charge < -0.3 is 17.5 Å². The first-order valence-electron chi connectivity index (χ1n) is 5.18. The van der Waals surface area contributed by atoms with Gasteiger partial charge in [-0.3, -0.25) is 0 Å². The Balaban J connectivity index is -0.000000173. The normalized spacial score (nSPS) is 7.29. The molecule has 0 spiro atoms. The number of aryl methyl sites for hydroxylation is 2. The minimum Gasteiger partial charge on any atom is -1.00 e. The van der Waals surface area contributed by atoms with Crippen LogP contribution in [0.5, 0.6) is 0 Å². The van der Waals surface area contributed by atoms with Crippen LogP contribution in [0, 0.1) is 13.8 Å². The smallest absolute Gasteiger partial charge is 0.0402 e.